The first-order chi connectivity index (χ1) is 9.13. The first-order valence-electron chi connectivity index (χ1n) is 6.57. The first-order valence-corrected chi connectivity index (χ1v) is 6.57. The molecule has 4 heteroatoms. The van der Waals surface area contributed by atoms with Gasteiger partial charge in [-0.05, 0) is 19.5 Å². The van der Waals surface area contributed by atoms with Crippen molar-refractivity contribution in [2.24, 2.45) is 0 Å². The van der Waals surface area contributed by atoms with Crippen molar-refractivity contribution >= 4 is 5.91 Å². The molecule has 1 aromatic rings. The zero-order valence-corrected chi connectivity index (χ0v) is 11.4. The topological polar surface area (TPSA) is 47.3 Å². The lowest BCUT2D eigenvalue weighted by molar-refractivity contribution is -0.135. The molecule has 0 unspecified atom stereocenters. The number of piperazine rings is 1. The van der Waals surface area contributed by atoms with Gasteiger partial charge in [0.15, 0.2) is 0 Å². The normalized spacial score (nSPS) is 21.7. The molecule has 0 N–H and O–H groups in total. The largest absolute Gasteiger partial charge is 0.324 e. The molecule has 2 atom stereocenters. The molecule has 1 aliphatic heterocycles. The maximum Gasteiger partial charge on any atom is 0.230 e. The van der Waals surface area contributed by atoms with Gasteiger partial charge in [0.2, 0.25) is 5.91 Å². The average molecular weight is 257 g/mol. The molecule has 1 saturated heterocycles. The molecule has 0 saturated carbocycles. The standard InChI is InChI=1S/C15H19N3O/c1-12(13-6-4-3-5-7-13)15(19)18-9-8-17(2)11-14(18)10-16/h3-7,12,14H,8-9,11H2,1-2H3/t12-,14-/m0/s1. The van der Waals surface area contributed by atoms with Gasteiger partial charge in [-0.2, -0.15) is 5.26 Å². The van der Waals surface area contributed by atoms with Crippen molar-refractivity contribution in [2.45, 2.75) is 18.9 Å². The summed E-state index contributed by atoms with van der Waals surface area (Å²) in [6.07, 6.45) is 0. The number of carbonyl (C=O) groups excluding carboxylic acids is 1. The van der Waals surface area contributed by atoms with Gasteiger partial charge in [0.1, 0.15) is 6.04 Å². The van der Waals surface area contributed by atoms with E-state index in [4.69, 9.17) is 0 Å². The van der Waals surface area contributed by atoms with Gasteiger partial charge < -0.3 is 9.80 Å². The number of rotatable bonds is 2. The molecule has 0 aliphatic carbocycles. The van der Waals surface area contributed by atoms with Crippen molar-refractivity contribution in [3.8, 4) is 6.07 Å². The molecule has 1 amide bonds. The van der Waals surface area contributed by atoms with Crippen molar-refractivity contribution < 1.29 is 4.79 Å². The number of carbonyl (C=O) groups is 1. The maximum atomic E-state index is 12.5. The van der Waals surface area contributed by atoms with Gasteiger partial charge in [-0.3, -0.25) is 4.79 Å². The van der Waals surface area contributed by atoms with Crippen molar-refractivity contribution in [1.29, 1.82) is 5.26 Å². The van der Waals surface area contributed by atoms with Crippen LogP contribution in [0.1, 0.15) is 18.4 Å². The number of likely N-dealkylation sites (N-methyl/N-ethyl adjacent to an activating group) is 1. The fourth-order valence-electron chi connectivity index (χ4n) is 2.43. The van der Waals surface area contributed by atoms with Crippen LogP contribution >= 0.6 is 0 Å². The van der Waals surface area contributed by atoms with Gasteiger partial charge in [0.25, 0.3) is 0 Å². The number of nitrogens with zero attached hydrogens (tertiary/aromatic N) is 3. The third-order valence-corrected chi connectivity index (χ3v) is 3.69. The number of benzene rings is 1. The number of hydrogen-bond donors (Lipinski definition) is 0. The molecule has 0 aromatic heterocycles. The molecular weight excluding hydrogens is 238 g/mol. The van der Waals surface area contributed by atoms with Crippen LogP contribution in [0.5, 0.6) is 0 Å². The quantitative estimate of drug-likeness (QED) is 0.805. The lowest BCUT2D eigenvalue weighted by atomic mass is 9.98. The summed E-state index contributed by atoms with van der Waals surface area (Å²) >= 11 is 0. The molecular formula is C15H19N3O. The number of amides is 1. The summed E-state index contributed by atoms with van der Waals surface area (Å²) in [5.74, 6) is -0.147. The Balaban J connectivity index is 2.13. The van der Waals surface area contributed by atoms with E-state index in [0.29, 0.717) is 13.1 Å². The minimum Gasteiger partial charge on any atom is -0.324 e. The first kappa shape index (κ1) is 13.6. The van der Waals surface area contributed by atoms with Crippen LogP contribution in [0.4, 0.5) is 0 Å². The van der Waals surface area contributed by atoms with Crippen molar-refractivity contribution in [2.75, 3.05) is 26.7 Å². The van der Waals surface area contributed by atoms with Crippen LogP contribution in [0.2, 0.25) is 0 Å². The summed E-state index contributed by atoms with van der Waals surface area (Å²) in [5.41, 5.74) is 1.00. The Kier molecular flexibility index (Phi) is 4.18. The van der Waals surface area contributed by atoms with E-state index < -0.39 is 0 Å². The molecule has 0 spiro atoms. The molecule has 1 aromatic carbocycles. The van der Waals surface area contributed by atoms with E-state index in [1.807, 2.05) is 44.3 Å². The van der Waals surface area contributed by atoms with E-state index in [-0.39, 0.29) is 17.9 Å². The average Bonchev–Trinajstić information content (AvgIpc) is 2.46. The van der Waals surface area contributed by atoms with Gasteiger partial charge in [-0.1, -0.05) is 30.3 Å². The SMILES string of the molecule is C[C@H](C(=O)N1CCN(C)C[C@@H]1C#N)c1ccccc1. The Morgan fingerprint density at radius 3 is 2.68 bits per heavy atom. The summed E-state index contributed by atoms with van der Waals surface area (Å²) < 4.78 is 0. The summed E-state index contributed by atoms with van der Waals surface area (Å²) in [4.78, 5) is 16.3. The fraction of sp³-hybridized carbons (Fsp3) is 0.467. The lowest BCUT2D eigenvalue weighted by Gasteiger charge is -2.37. The van der Waals surface area contributed by atoms with Crippen molar-refractivity contribution in [3.05, 3.63) is 35.9 Å². The second kappa shape index (κ2) is 5.85. The Morgan fingerprint density at radius 1 is 1.37 bits per heavy atom. The molecule has 2 rings (SSSR count). The fourth-order valence-corrected chi connectivity index (χ4v) is 2.43. The van der Waals surface area contributed by atoms with Crippen LogP contribution in [-0.2, 0) is 4.79 Å². The monoisotopic (exact) mass is 257 g/mol. The van der Waals surface area contributed by atoms with E-state index in [1.165, 1.54) is 0 Å². The zero-order valence-electron chi connectivity index (χ0n) is 11.4. The van der Waals surface area contributed by atoms with Crippen LogP contribution in [-0.4, -0.2) is 48.4 Å². The Hall–Kier alpha value is -1.86. The molecule has 0 bridgehead atoms. The van der Waals surface area contributed by atoms with Gasteiger partial charge >= 0.3 is 0 Å². The van der Waals surface area contributed by atoms with Crippen LogP contribution in [0, 0.1) is 11.3 Å². The van der Waals surface area contributed by atoms with Crippen molar-refractivity contribution in [1.82, 2.24) is 9.80 Å². The smallest absolute Gasteiger partial charge is 0.230 e. The number of hydrogen-bond acceptors (Lipinski definition) is 3. The highest BCUT2D eigenvalue weighted by molar-refractivity contribution is 5.84. The van der Waals surface area contributed by atoms with Crippen LogP contribution in [0.3, 0.4) is 0 Å². The van der Waals surface area contributed by atoms with Crippen LogP contribution in [0.25, 0.3) is 0 Å². The Morgan fingerprint density at radius 2 is 2.05 bits per heavy atom. The second-order valence-corrected chi connectivity index (χ2v) is 5.07. The Bertz CT molecular complexity index is 480. The molecule has 19 heavy (non-hydrogen) atoms. The highest BCUT2D eigenvalue weighted by atomic mass is 16.2. The molecule has 100 valence electrons. The van der Waals surface area contributed by atoms with E-state index in [0.717, 1.165) is 12.1 Å². The van der Waals surface area contributed by atoms with E-state index in [9.17, 15) is 10.1 Å². The highest BCUT2D eigenvalue weighted by Crippen LogP contribution is 2.20. The third-order valence-electron chi connectivity index (χ3n) is 3.69. The van der Waals surface area contributed by atoms with Gasteiger partial charge in [-0.25, -0.2) is 0 Å². The summed E-state index contributed by atoms with van der Waals surface area (Å²) in [6, 6.07) is 11.6. The minimum absolute atomic E-state index is 0.0471. The molecule has 1 heterocycles. The van der Waals surface area contributed by atoms with Crippen LogP contribution in [0.15, 0.2) is 30.3 Å². The van der Waals surface area contributed by atoms with Gasteiger partial charge in [-0.15, -0.1) is 0 Å². The van der Waals surface area contributed by atoms with Crippen LogP contribution < -0.4 is 0 Å². The highest BCUT2D eigenvalue weighted by Gasteiger charge is 2.31. The van der Waals surface area contributed by atoms with E-state index in [1.54, 1.807) is 4.90 Å². The predicted octanol–water partition coefficient (Wildman–Crippen LogP) is 1.46. The van der Waals surface area contributed by atoms with E-state index >= 15 is 0 Å². The van der Waals surface area contributed by atoms with Gasteiger partial charge in [0, 0.05) is 19.6 Å². The predicted molar refractivity (Wildman–Crippen MR) is 73.5 cm³/mol. The number of nitriles is 1. The minimum atomic E-state index is -0.336. The summed E-state index contributed by atoms with van der Waals surface area (Å²) in [5, 5.41) is 9.21. The second-order valence-electron chi connectivity index (χ2n) is 5.07. The van der Waals surface area contributed by atoms with Gasteiger partial charge in [0.05, 0.1) is 12.0 Å². The molecule has 1 fully saturated rings. The maximum absolute atomic E-state index is 12.5. The molecule has 1 aliphatic rings. The lowest BCUT2D eigenvalue weighted by Crippen LogP contribution is -2.54. The molecule has 4 nitrogen and oxygen atoms in total. The third kappa shape index (κ3) is 2.94. The summed E-state index contributed by atoms with van der Waals surface area (Å²) in [6.45, 7) is 3.99. The van der Waals surface area contributed by atoms with E-state index in [2.05, 4.69) is 11.0 Å². The summed E-state index contributed by atoms with van der Waals surface area (Å²) in [7, 11) is 1.98. The zero-order chi connectivity index (χ0) is 13.8. The molecule has 0 radical (unpaired) electrons. The Labute approximate surface area is 114 Å². The van der Waals surface area contributed by atoms with Crippen molar-refractivity contribution in [3.63, 3.8) is 0 Å².